The Kier molecular flexibility index (Phi) is 8.90. The van der Waals surface area contributed by atoms with Gasteiger partial charge in [-0.05, 0) is 76.5 Å². The van der Waals surface area contributed by atoms with Gasteiger partial charge in [0.25, 0.3) is 0 Å². The lowest BCUT2D eigenvalue weighted by Gasteiger charge is -2.33. The quantitative estimate of drug-likeness (QED) is 0.332. The summed E-state index contributed by atoms with van der Waals surface area (Å²) in [6.07, 6.45) is 7.42. The molecule has 7 N–H and O–H groups in total. The van der Waals surface area contributed by atoms with Crippen molar-refractivity contribution in [1.82, 2.24) is 15.3 Å². The van der Waals surface area contributed by atoms with Crippen LogP contribution in [0.5, 0.6) is 0 Å². The zero-order chi connectivity index (χ0) is 26.5. The fourth-order valence-electron chi connectivity index (χ4n) is 4.80. The van der Waals surface area contributed by atoms with Crippen molar-refractivity contribution < 1.29 is 9.53 Å². The van der Waals surface area contributed by atoms with E-state index in [1.807, 2.05) is 24.3 Å². The van der Waals surface area contributed by atoms with Crippen LogP contribution in [-0.4, -0.2) is 59.3 Å². The molecule has 1 amide bonds. The molecule has 1 aliphatic carbocycles. The van der Waals surface area contributed by atoms with E-state index in [4.69, 9.17) is 32.8 Å². The molecule has 0 atom stereocenters. The Morgan fingerprint density at radius 3 is 2.62 bits per heavy atom. The molecule has 1 saturated heterocycles. The van der Waals surface area contributed by atoms with Crippen LogP contribution in [0.4, 0.5) is 11.6 Å². The van der Waals surface area contributed by atoms with Crippen molar-refractivity contribution in [2.45, 2.75) is 69.5 Å². The summed E-state index contributed by atoms with van der Waals surface area (Å²) in [6, 6.07) is 8.14. The van der Waals surface area contributed by atoms with E-state index in [0.717, 1.165) is 61.4 Å². The SMILES string of the molecule is CC(C)(N)C(=O)NCC1CCC(Nc2cc(-c3cccc(NCC4(N)CCOCC4)n3)c(Cl)cn2)CC1. The molecule has 3 heterocycles. The van der Waals surface area contributed by atoms with Crippen LogP contribution >= 0.6 is 11.6 Å². The maximum absolute atomic E-state index is 12.0. The highest BCUT2D eigenvalue weighted by Gasteiger charge is 2.28. The molecule has 0 spiro atoms. The standard InChI is InChI=1S/C27H40ClN7O2/c1-26(2,29)25(36)32-15-18-6-8-19(9-7-18)34-24-14-20(21(28)16-31-24)22-4-3-5-23(35-22)33-17-27(30)10-12-37-13-11-27/h3-5,14,16,18-19H,6-13,15,17,29-30H2,1-2H3,(H,31,34)(H,32,36)(H,33,35). The van der Waals surface area contributed by atoms with Gasteiger partial charge in [0, 0.05) is 49.6 Å². The van der Waals surface area contributed by atoms with Crippen LogP contribution in [0.1, 0.15) is 52.4 Å². The molecule has 2 fully saturated rings. The van der Waals surface area contributed by atoms with Crippen molar-refractivity contribution in [3.05, 3.63) is 35.5 Å². The van der Waals surface area contributed by atoms with Gasteiger partial charge in [-0.3, -0.25) is 4.79 Å². The largest absolute Gasteiger partial charge is 0.381 e. The molecule has 37 heavy (non-hydrogen) atoms. The summed E-state index contributed by atoms with van der Waals surface area (Å²) < 4.78 is 5.44. The molecule has 9 nitrogen and oxygen atoms in total. The number of hydrogen-bond acceptors (Lipinski definition) is 8. The van der Waals surface area contributed by atoms with Crippen molar-refractivity contribution in [3.8, 4) is 11.3 Å². The molecule has 2 aromatic heterocycles. The number of ether oxygens (including phenoxy) is 1. The monoisotopic (exact) mass is 529 g/mol. The Balaban J connectivity index is 1.33. The molecular formula is C27H40ClN7O2. The van der Waals surface area contributed by atoms with Crippen molar-refractivity contribution >= 4 is 29.1 Å². The first kappa shape index (κ1) is 27.6. The maximum Gasteiger partial charge on any atom is 0.239 e. The highest BCUT2D eigenvalue weighted by molar-refractivity contribution is 6.33. The third kappa shape index (κ3) is 7.77. The molecule has 0 radical (unpaired) electrons. The third-order valence-electron chi connectivity index (χ3n) is 7.33. The van der Waals surface area contributed by atoms with Gasteiger partial charge in [-0.2, -0.15) is 0 Å². The van der Waals surface area contributed by atoms with Crippen molar-refractivity contribution in [2.75, 3.05) is 36.9 Å². The molecular weight excluding hydrogens is 490 g/mol. The number of carbonyl (C=O) groups excluding carboxylic acids is 1. The zero-order valence-corrected chi connectivity index (χ0v) is 22.6. The van der Waals surface area contributed by atoms with Crippen LogP contribution in [0.2, 0.25) is 5.02 Å². The van der Waals surface area contributed by atoms with Gasteiger partial charge in [-0.25, -0.2) is 9.97 Å². The van der Waals surface area contributed by atoms with E-state index in [2.05, 4.69) is 20.9 Å². The second-order valence-electron chi connectivity index (χ2n) is 11.1. The average molecular weight is 530 g/mol. The summed E-state index contributed by atoms with van der Waals surface area (Å²) >= 11 is 6.53. The minimum absolute atomic E-state index is 0.107. The minimum Gasteiger partial charge on any atom is -0.381 e. The lowest BCUT2D eigenvalue weighted by Crippen LogP contribution is -2.50. The summed E-state index contributed by atoms with van der Waals surface area (Å²) in [6.45, 7) is 6.14. The topological polar surface area (TPSA) is 140 Å². The van der Waals surface area contributed by atoms with E-state index < -0.39 is 5.54 Å². The summed E-state index contributed by atoms with van der Waals surface area (Å²) in [4.78, 5) is 21.3. The fourth-order valence-corrected chi connectivity index (χ4v) is 5.00. The Labute approximate surface area is 224 Å². The zero-order valence-electron chi connectivity index (χ0n) is 21.9. The molecule has 2 aromatic rings. The van der Waals surface area contributed by atoms with Crippen molar-refractivity contribution in [1.29, 1.82) is 0 Å². The lowest BCUT2D eigenvalue weighted by atomic mass is 9.86. The number of nitrogens with one attached hydrogen (secondary N) is 3. The summed E-state index contributed by atoms with van der Waals surface area (Å²) in [5.74, 6) is 1.90. The maximum atomic E-state index is 12.0. The van der Waals surface area contributed by atoms with Crippen molar-refractivity contribution in [3.63, 3.8) is 0 Å². The third-order valence-corrected chi connectivity index (χ3v) is 7.63. The number of nitrogens with zero attached hydrogens (tertiary/aromatic N) is 2. The van der Waals surface area contributed by atoms with Crippen LogP contribution in [0.15, 0.2) is 30.5 Å². The smallest absolute Gasteiger partial charge is 0.239 e. The molecule has 202 valence electrons. The van der Waals surface area contributed by atoms with Crippen LogP contribution in [0.25, 0.3) is 11.3 Å². The number of anilines is 2. The van der Waals surface area contributed by atoms with Gasteiger partial charge in [-0.1, -0.05) is 17.7 Å². The summed E-state index contributed by atoms with van der Waals surface area (Å²) in [5.41, 5.74) is 12.9. The summed E-state index contributed by atoms with van der Waals surface area (Å²) in [7, 11) is 0. The van der Waals surface area contributed by atoms with Gasteiger partial charge in [-0.15, -0.1) is 0 Å². The van der Waals surface area contributed by atoms with Crippen LogP contribution in [-0.2, 0) is 9.53 Å². The molecule has 0 bridgehead atoms. The number of hydrogen-bond donors (Lipinski definition) is 5. The molecule has 10 heteroatoms. The highest BCUT2D eigenvalue weighted by Crippen LogP contribution is 2.31. The van der Waals surface area contributed by atoms with E-state index in [1.165, 1.54) is 0 Å². The number of nitrogens with two attached hydrogens (primary N) is 2. The molecule has 1 aliphatic heterocycles. The second kappa shape index (κ2) is 11.9. The van der Waals surface area contributed by atoms with E-state index in [-0.39, 0.29) is 11.4 Å². The van der Waals surface area contributed by atoms with Gasteiger partial charge in [0.15, 0.2) is 0 Å². The van der Waals surface area contributed by atoms with Gasteiger partial charge < -0.3 is 32.2 Å². The van der Waals surface area contributed by atoms with E-state index in [0.29, 0.717) is 43.3 Å². The summed E-state index contributed by atoms with van der Waals surface area (Å²) in [5, 5.41) is 10.5. The lowest BCUT2D eigenvalue weighted by molar-refractivity contribution is -0.125. The molecule has 0 aromatic carbocycles. The number of carbonyl (C=O) groups is 1. The predicted molar refractivity (Wildman–Crippen MR) is 149 cm³/mol. The first-order chi connectivity index (χ1) is 17.6. The van der Waals surface area contributed by atoms with Gasteiger partial charge in [0.1, 0.15) is 11.6 Å². The molecule has 4 rings (SSSR count). The van der Waals surface area contributed by atoms with Gasteiger partial charge in [0.05, 0.1) is 16.3 Å². The van der Waals surface area contributed by atoms with Gasteiger partial charge in [0.2, 0.25) is 5.91 Å². The van der Waals surface area contributed by atoms with Crippen LogP contribution in [0, 0.1) is 5.92 Å². The Morgan fingerprint density at radius 1 is 1.19 bits per heavy atom. The normalized spacial score (nSPS) is 21.8. The van der Waals surface area contributed by atoms with E-state index in [1.54, 1.807) is 20.0 Å². The van der Waals surface area contributed by atoms with Crippen molar-refractivity contribution in [2.24, 2.45) is 17.4 Å². The fraction of sp³-hybridized carbons (Fsp3) is 0.593. The molecule has 0 unspecified atom stereocenters. The Bertz CT molecular complexity index is 1060. The number of halogens is 1. The second-order valence-corrected chi connectivity index (χ2v) is 11.5. The number of aromatic nitrogens is 2. The minimum atomic E-state index is -0.849. The Morgan fingerprint density at radius 2 is 1.92 bits per heavy atom. The first-order valence-electron chi connectivity index (χ1n) is 13.2. The average Bonchev–Trinajstić information content (AvgIpc) is 2.88. The Hall–Kier alpha value is -2.46. The number of amides is 1. The predicted octanol–water partition coefficient (Wildman–Crippen LogP) is 3.54. The number of pyridine rings is 2. The number of rotatable bonds is 9. The van der Waals surface area contributed by atoms with E-state index in [9.17, 15) is 4.79 Å². The highest BCUT2D eigenvalue weighted by atomic mass is 35.5. The molecule has 1 saturated carbocycles. The molecule has 2 aliphatic rings. The van der Waals surface area contributed by atoms with Gasteiger partial charge >= 0.3 is 0 Å². The van der Waals surface area contributed by atoms with E-state index >= 15 is 0 Å². The first-order valence-corrected chi connectivity index (χ1v) is 13.6. The van der Waals surface area contributed by atoms with Crippen LogP contribution < -0.4 is 27.4 Å². The van der Waals surface area contributed by atoms with Crippen LogP contribution in [0.3, 0.4) is 0 Å².